The lowest BCUT2D eigenvalue weighted by molar-refractivity contribution is -0.145. The Labute approximate surface area is 105 Å². The molecule has 0 aliphatic carbocycles. The molecule has 0 fully saturated rings. The molecule has 104 valence electrons. The van der Waals surface area contributed by atoms with E-state index in [-0.39, 0.29) is 29.6 Å². The van der Waals surface area contributed by atoms with Gasteiger partial charge in [-0.25, -0.2) is 0 Å². The van der Waals surface area contributed by atoms with Crippen LogP contribution in [0.5, 0.6) is 0 Å². The Morgan fingerprint density at radius 2 is 1.83 bits per heavy atom. The van der Waals surface area contributed by atoms with Gasteiger partial charge in [-0.1, -0.05) is 20.8 Å². The van der Waals surface area contributed by atoms with E-state index in [0.717, 1.165) is 4.68 Å². The quantitative estimate of drug-likeness (QED) is 0.907. The zero-order chi connectivity index (χ0) is 14.1. The van der Waals surface area contributed by atoms with Gasteiger partial charge in [0.05, 0.1) is 12.3 Å². The third-order valence-electron chi connectivity index (χ3n) is 3.30. The normalized spacial score (nSPS) is 14.3. The van der Waals surface area contributed by atoms with Gasteiger partial charge in [0.15, 0.2) is 0 Å². The fraction of sp³-hybridized carbons (Fsp3) is 0.750. The van der Waals surface area contributed by atoms with Crippen molar-refractivity contribution in [2.45, 2.75) is 47.0 Å². The Hall–Kier alpha value is -1.04. The monoisotopic (exact) mass is 264 g/mol. The van der Waals surface area contributed by atoms with Crippen LogP contribution in [0.25, 0.3) is 0 Å². The Morgan fingerprint density at radius 1 is 1.28 bits per heavy atom. The Kier molecular flexibility index (Phi) is 4.42. The van der Waals surface area contributed by atoms with Crippen molar-refractivity contribution in [1.29, 1.82) is 0 Å². The molecule has 1 atom stereocenters. The second-order valence-electron chi connectivity index (χ2n) is 4.98. The summed E-state index contributed by atoms with van der Waals surface area (Å²) in [6.45, 7) is 6.88. The Morgan fingerprint density at radius 3 is 2.22 bits per heavy atom. The predicted octanol–water partition coefficient (Wildman–Crippen LogP) is 2.99. The van der Waals surface area contributed by atoms with Gasteiger partial charge in [0.25, 0.3) is 0 Å². The van der Waals surface area contributed by atoms with Crippen LogP contribution in [0.3, 0.4) is 0 Å². The highest BCUT2D eigenvalue weighted by molar-refractivity contribution is 5.26. The third kappa shape index (κ3) is 3.04. The zero-order valence-electron chi connectivity index (χ0n) is 11.0. The molecule has 6 heteroatoms. The minimum atomic E-state index is -4.44. The highest BCUT2D eigenvalue weighted by atomic mass is 19.4. The minimum absolute atomic E-state index is 0.0148. The molecular weight excluding hydrogens is 245 g/mol. The van der Waals surface area contributed by atoms with E-state index < -0.39 is 18.5 Å². The van der Waals surface area contributed by atoms with Crippen molar-refractivity contribution in [3.63, 3.8) is 0 Å². The van der Waals surface area contributed by atoms with E-state index in [0.29, 0.717) is 0 Å². The maximum atomic E-state index is 13.0. The number of alkyl halides is 3. The average molecular weight is 264 g/mol. The third-order valence-corrected chi connectivity index (χ3v) is 3.30. The summed E-state index contributed by atoms with van der Waals surface area (Å²) in [5, 5.41) is 12.9. The average Bonchev–Trinajstić information content (AvgIpc) is 2.53. The lowest BCUT2D eigenvalue weighted by atomic mass is 9.98. The van der Waals surface area contributed by atoms with Crippen LogP contribution >= 0.6 is 0 Å². The number of rotatable bonds is 4. The summed E-state index contributed by atoms with van der Waals surface area (Å²) >= 11 is 0. The van der Waals surface area contributed by atoms with Crippen LogP contribution in [0.15, 0.2) is 0 Å². The second-order valence-corrected chi connectivity index (χ2v) is 4.98. The van der Waals surface area contributed by atoms with Gasteiger partial charge in [0, 0.05) is 12.1 Å². The fourth-order valence-electron chi connectivity index (χ4n) is 1.73. The lowest BCUT2D eigenvalue weighted by Gasteiger charge is -2.18. The molecule has 1 heterocycles. The first kappa shape index (κ1) is 15.0. The van der Waals surface area contributed by atoms with E-state index in [1.165, 1.54) is 6.92 Å². The fourth-order valence-corrected chi connectivity index (χ4v) is 1.73. The molecule has 0 radical (unpaired) electrons. The molecular formula is C12H19F3N2O. The molecule has 0 aliphatic heterocycles. The van der Waals surface area contributed by atoms with Crippen LogP contribution in [0.4, 0.5) is 13.2 Å². The van der Waals surface area contributed by atoms with E-state index in [9.17, 15) is 13.2 Å². The van der Waals surface area contributed by atoms with Crippen LogP contribution in [-0.2, 0) is 19.3 Å². The molecule has 0 bridgehead atoms. The predicted molar refractivity (Wildman–Crippen MR) is 61.9 cm³/mol. The molecule has 1 unspecified atom stereocenters. The number of nitrogens with zero attached hydrogens (tertiary/aromatic N) is 2. The molecule has 0 spiro atoms. The second kappa shape index (κ2) is 5.30. The highest BCUT2D eigenvalue weighted by Gasteiger charge is 2.38. The molecule has 0 amide bonds. The first-order chi connectivity index (χ1) is 8.18. The number of halogens is 3. The molecule has 3 nitrogen and oxygen atoms in total. The SMILES string of the molecule is Cc1c(CO)nn(CC(C)C(C)C)c1C(F)(F)F. The summed E-state index contributed by atoms with van der Waals surface area (Å²) in [5.41, 5.74) is -0.640. The molecule has 0 aromatic carbocycles. The molecule has 18 heavy (non-hydrogen) atoms. The van der Waals surface area contributed by atoms with Gasteiger partial charge in [-0.2, -0.15) is 18.3 Å². The number of hydrogen-bond donors (Lipinski definition) is 1. The molecule has 1 rings (SSSR count). The van der Waals surface area contributed by atoms with Crippen molar-refractivity contribution in [2.75, 3.05) is 0 Å². The smallest absolute Gasteiger partial charge is 0.390 e. The summed E-state index contributed by atoms with van der Waals surface area (Å²) in [6.07, 6.45) is -4.44. The summed E-state index contributed by atoms with van der Waals surface area (Å²) in [6, 6.07) is 0. The Balaban J connectivity index is 3.18. The minimum Gasteiger partial charge on any atom is -0.390 e. The summed E-state index contributed by atoms with van der Waals surface area (Å²) < 4.78 is 39.9. The van der Waals surface area contributed by atoms with Crippen LogP contribution < -0.4 is 0 Å². The van der Waals surface area contributed by atoms with E-state index in [1.807, 2.05) is 20.8 Å². The first-order valence-electron chi connectivity index (χ1n) is 5.92. The van der Waals surface area contributed by atoms with Crippen molar-refractivity contribution in [3.05, 3.63) is 17.0 Å². The molecule has 1 aromatic heterocycles. The van der Waals surface area contributed by atoms with Crippen molar-refractivity contribution < 1.29 is 18.3 Å². The summed E-state index contributed by atoms with van der Waals surface area (Å²) in [4.78, 5) is 0. The van der Waals surface area contributed by atoms with Gasteiger partial charge in [0.2, 0.25) is 0 Å². The van der Waals surface area contributed by atoms with E-state index in [1.54, 1.807) is 0 Å². The maximum Gasteiger partial charge on any atom is 0.433 e. The Bertz CT molecular complexity index is 410. The van der Waals surface area contributed by atoms with E-state index in [4.69, 9.17) is 5.11 Å². The standard InChI is InChI=1S/C12H19F3N2O/c1-7(2)8(3)5-17-11(12(13,14)15)9(4)10(6-18)16-17/h7-8,18H,5-6H2,1-4H3. The molecule has 0 saturated carbocycles. The van der Waals surface area contributed by atoms with Crippen LogP contribution in [0, 0.1) is 18.8 Å². The van der Waals surface area contributed by atoms with E-state index >= 15 is 0 Å². The molecule has 0 aliphatic rings. The number of aromatic nitrogens is 2. The van der Waals surface area contributed by atoms with Crippen molar-refractivity contribution >= 4 is 0 Å². The maximum absolute atomic E-state index is 13.0. The topological polar surface area (TPSA) is 38.1 Å². The summed E-state index contributed by atoms with van der Waals surface area (Å²) in [5.74, 6) is 0.352. The molecule has 0 saturated heterocycles. The van der Waals surface area contributed by atoms with Gasteiger partial charge >= 0.3 is 6.18 Å². The lowest BCUT2D eigenvalue weighted by Crippen LogP contribution is -2.21. The first-order valence-corrected chi connectivity index (χ1v) is 5.92. The highest BCUT2D eigenvalue weighted by Crippen LogP contribution is 2.34. The van der Waals surface area contributed by atoms with Crippen molar-refractivity contribution in [2.24, 2.45) is 11.8 Å². The van der Waals surface area contributed by atoms with Gasteiger partial charge < -0.3 is 5.11 Å². The van der Waals surface area contributed by atoms with Gasteiger partial charge in [-0.05, 0) is 18.8 Å². The summed E-state index contributed by atoms with van der Waals surface area (Å²) in [7, 11) is 0. The number of hydrogen-bond acceptors (Lipinski definition) is 2. The zero-order valence-corrected chi connectivity index (χ0v) is 11.0. The number of aliphatic hydroxyl groups is 1. The van der Waals surface area contributed by atoms with Gasteiger partial charge in [-0.3, -0.25) is 4.68 Å². The van der Waals surface area contributed by atoms with Crippen LogP contribution in [-0.4, -0.2) is 14.9 Å². The van der Waals surface area contributed by atoms with E-state index in [2.05, 4.69) is 5.10 Å². The van der Waals surface area contributed by atoms with Crippen LogP contribution in [0.1, 0.15) is 37.7 Å². The van der Waals surface area contributed by atoms with Crippen molar-refractivity contribution in [3.8, 4) is 0 Å². The number of aliphatic hydroxyl groups excluding tert-OH is 1. The molecule has 1 N–H and O–H groups in total. The van der Waals surface area contributed by atoms with Crippen LogP contribution in [0.2, 0.25) is 0 Å². The van der Waals surface area contributed by atoms with Gasteiger partial charge in [0.1, 0.15) is 5.69 Å². The largest absolute Gasteiger partial charge is 0.433 e. The van der Waals surface area contributed by atoms with Crippen molar-refractivity contribution in [1.82, 2.24) is 9.78 Å². The van der Waals surface area contributed by atoms with Gasteiger partial charge in [-0.15, -0.1) is 0 Å². The molecule has 1 aromatic rings.